The number of rotatable bonds is 2. The lowest BCUT2D eigenvalue weighted by atomic mass is 10.1. The number of hydrogen-bond acceptors (Lipinski definition) is 3. The first-order valence-electron chi connectivity index (χ1n) is 5.62. The monoisotopic (exact) mass is 256 g/mol. The number of nitrogens with zero attached hydrogens (tertiary/aromatic N) is 1. The summed E-state index contributed by atoms with van der Waals surface area (Å²) in [6, 6.07) is 1.19. The number of pyridine rings is 1. The topological polar surface area (TPSA) is 70.2 Å². The summed E-state index contributed by atoms with van der Waals surface area (Å²) in [6.07, 6.45) is 3.52. The third-order valence-electron chi connectivity index (χ3n) is 3.10. The van der Waals surface area contributed by atoms with Crippen LogP contribution in [0, 0.1) is 5.92 Å². The van der Waals surface area contributed by atoms with Crippen LogP contribution >= 0.6 is 0 Å². The zero-order valence-corrected chi connectivity index (χ0v) is 10.7. The molecule has 6 heteroatoms. The zero-order valence-electron chi connectivity index (χ0n) is 9.88. The van der Waals surface area contributed by atoms with Crippen molar-refractivity contribution in [1.29, 1.82) is 0 Å². The van der Waals surface area contributed by atoms with Crippen LogP contribution in [-0.2, 0) is 10.0 Å². The van der Waals surface area contributed by atoms with Crippen molar-refractivity contribution in [2.24, 2.45) is 5.92 Å². The summed E-state index contributed by atoms with van der Waals surface area (Å²) in [5.74, 6) is 0.336. The molecule has 0 radical (unpaired) electrons. The first-order chi connectivity index (χ1) is 7.93. The molecule has 2 rings (SSSR count). The number of nitrogens with one attached hydrogen (secondary N) is 1. The van der Waals surface area contributed by atoms with E-state index in [2.05, 4.69) is 4.98 Å². The molecule has 0 aliphatic carbocycles. The quantitative estimate of drug-likeness (QED) is 0.850. The van der Waals surface area contributed by atoms with E-state index in [1.807, 2.05) is 13.8 Å². The number of aromatic amines is 1. The smallest absolute Gasteiger partial charge is 0.248 e. The summed E-state index contributed by atoms with van der Waals surface area (Å²) in [4.78, 5) is 14.1. The Balaban J connectivity index is 2.45. The normalized spacial score (nSPS) is 26.2. The van der Waals surface area contributed by atoms with Crippen LogP contribution in [-0.4, -0.2) is 30.3 Å². The van der Waals surface area contributed by atoms with Crippen LogP contribution in [0.5, 0.6) is 0 Å². The Hall–Kier alpha value is -1.14. The molecule has 0 aromatic carbocycles. The van der Waals surface area contributed by atoms with Crippen molar-refractivity contribution in [3.63, 3.8) is 0 Å². The fourth-order valence-corrected chi connectivity index (χ4v) is 4.13. The molecule has 1 N–H and O–H groups in total. The zero-order chi connectivity index (χ0) is 12.6. The van der Waals surface area contributed by atoms with E-state index >= 15 is 0 Å². The van der Waals surface area contributed by atoms with Crippen LogP contribution in [0.3, 0.4) is 0 Å². The maximum atomic E-state index is 12.3. The van der Waals surface area contributed by atoms with Crippen LogP contribution in [0.1, 0.15) is 20.3 Å². The molecule has 1 saturated heterocycles. The first-order valence-corrected chi connectivity index (χ1v) is 7.06. The van der Waals surface area contributed by atoms with Gasteiger partial charge in [0.05, 0.1) is 0 Å². The van der Waals surface area contributed by atoms with Gasteiger partial charge >= 0.3 is 0 Å². The lowest BCUT2D eigenvalue weighted by Gasteiger charge is -2.20. The van der Waals surface area contributed by atoms with Gasteiger partial charge in [0.1, 0.15) is 4.90 Å². The van der Waals surface area contributed by atoms with Gasteiger partial charge in [-0.1, -0.05) is 6.92 Å². The van der Waals surface area contributed by atoms with Crippen molar-refractivity contribution in [2.75, 3.05) is 6.54 Å². The van der Waals surface area contributed by atoms with Gasteiger partial charge in [0.25, 0.3) is 0 Å². The average molecular weight is 256 g/mol. The Morgan fingerprint density at radius 1 is 1.41 bits per heavy atom. The molecule has 0 spiro atoms. The van der Waals surface area contributed by atoms with Gasteiger partial charge in [-0.2, -0.15) is 4.31 Å². The van der Waals surface area contributed by atoms with E-state index in [4.69, 9.17) is 0 Å². The molecule has 1 aromatic heterocycles. The van der Waals surface area contributed by atoms with Crippen molar-refractivity contribution in [1.82, 2.24) is 9.29 Å². The van der Waals surface area contributed by atoms with Crippen LogP contribution in [0.4, 0.5) is 0 Å². The summed E-state index contributed by atoms with van der Waals surface area (Å²) in [5.41, 5.74) is -0.462. The largest absolute Gasteiger partial charge is 0.366 e. The molecule has 1 aromatic rings. The maximum absolute atomic E-state index is 12.3. The van der Waals surface area contributed by atoms with Gasteiger partial charge in [-0.05, 0) is 19.3 Å². The third-order valence-corrected chi connectivity index (χ3v) is 5.10. The lowest BCUT2D eigenvalue weighted by Crippen LogP contribution is -2.36. The van der Waals surface area contributed by atoms with Crippen LogP contribution in [0.15, 0.2) is 28.2 Å². The molecule has 2 unspecified atom stereocenters. The molecule has 2 heterocycles. The van der Waals surface area contributed by atoms with E-state index < -0.39 is 15.5 Å². The van der Waals surface area contributed by atoms with E-state index in [-0.39, 0.29) is 10.9 Å². The highest BCUT2D eigenvalue weighted by Gasteiger charge is 2.37. The Morgan fingerprint density at radius 2 is 2.12 bits per heavy atom. The standard InChI is InChI=1S/C11H16N2O3S/c1-8-5-9(2)13(7-8)17(15,16)11-6-12-4-3-10(11)14/h3-4,6,8-9H,5,7H2,1-2H3,(H,12,14). The van der Waals surface area contributed by atoms with Crippen molar-refractivity contribution in [2.45, 2.75) is 31.2 Å². The molecule has 1 aliphatic heterocycles. The second-order valence-electron chi connectivity index (χ2n) is 4.64. The third kappa shape index (κ3) is 2.14. The molecular weight excluding hydrogens is 240 g/mol. The summed E-state index contributed by atoms with van der Waals surface area (Å²) in [6.45, 7) is 4.37. The number of sulfonamides is 1. The minimum atomic E-state index is -3.66. The number of H-pyrrole nitrogens is 1. The van der Waals surface area contributed by atoms with Crippen molar-refractivity contribution < 1.29 is 8.42 Å². The molecule has 1 aliphatic rings. The Kier molecular flexibility index (Phi) is 3.09. The first kappa shape index (κ1) is 12.3. The lowest BCUT2D eigenvalue weighted by molar-refractivity contribution is 0.405. The van der Waals surface area contributed by atoms with Gasteiger partial charge in [-0.15, -0.1) is 0 Å². The SMILES string of the molecule is CC1CC(C)N(S(=O)(=O)c2c[nH]ccc2=O)C1. The van der Waals surface area contributed by atoms with Gasteiger partial charge in [0.2, 0.25) is 15.5 Å². The predicted molar refractivity (Wildman–Crippen MR) is 64.2 cm³/mol. The molecule has 2 atom stereocenters. The van der Waals surface area contributed by atoms with E-state index in [1.54, 1.807) is 0 Å². The summed E-state index contributed by atoms with van der Waals surface area (Å²) < 4.78 is 26.1. The Bertz CT molecular complexity index is 564. The predicted octanol–water partition coefficient (Wildman–Crippen LogP) is 0.794. The van der Waals surface area contributed by atoms with E-state index in [0.717, 1.165) is 6.42 Å². The van der Waals surface area contributed by atoms with E-state index in [9.17, 15) is 13.2 Å². The maximum Gasteiger partial charge on any atom is 0.248 e. The molecular formula is C11H16N2O3S. The van der Waals surface area contributed by atoms with Crippen molar-refractivity contribution in [3.8, 4) is 0 Å². The van der Waals surface area contributed by atoms with Gasteiger partial charge < -0.3 is 4.98 Å². The molecule has 17 heavy (non-hydrogen) atoms. The average Bonchev–Trinajstić information content (AvgIpc) is 2.59. The number of aromatic nitrogens is 1. The summed E-state index contributed by atoms with van der Waals surface area (Å²) in [7, 11) is -3.66. The van der Waals surface area contributed by atoms with Gasteiger partial charge in [-0.25, -0.2) is 8.42 Å². The van der Waals surface area contributed by atoms with Crippen LogP contribution < -0.4 is 5.43 Å². The van der Waals surface area contributed by atoms with Gasteiger partial charge in [-0.3, -0.25) is 4.79 Å². The molecule has 1 fully saturated rings. The van der Waals surface area contributed by atoms with Crippen LogP contribution in [0.2, 0.25) is 0 Å². The molecule has 0 saturated carbocycles. The van der Waals surface area contributed by atoms with Gasteiger partial charge in [0.15, 0.2) is 0 Å². The second kappa shape index (κ2) is 4.27. The minimum absolute atomic E-state index is 0.0467. The van der Waals surface area contributed by atoms with E-state index in [1.165, 1.54) is 22.8 Å². The fraction of sp³-hybridized carbons (Fsp3) is 0.545. The highest BCUT2D eigenvalue weighted by atomic mass is 32.2. The minimum Gasteiger partial charge on any atom is -0.366 e. The molecule has 94 valence electrons. The molecule has 0 amide bonds. The highest BCUT2D eigenvalue weighted by Crippen LogP contribution is 2.27. The van der Waals surface area contributed by atoms with Crippen molar-refractivity contribution in [3.05, 3.63) is 28.7 Å². The Morgan fingerprint density at radius 3 is 2.65 bits per heavy atom. The highest BCUT2D eigenvalue weighted by molar-refractivity contribution is 7.89. The van der Waals surface area contributed by atoms with Crippen LogP contribution in [0.25, 0.3) is 0 Å². The molecule has 0 bridgehead atoms. The van der Waals surface area contributed by atoms with Gasteiger partial charge in [0, 0.05) is 31.0 Å². The summed E-state index contributed by atoms with van der Waals surface area (Å²) >= 11 is 0. The second-order valence-corrected chi connectivity index (χ2v) is 6.50. The Labute approximate surface area is 101 Å². The van der Waals surface area contributed by atoms with Crippen molar-refractivity contribution >= 4 is 10.0 Å². The van der Waals surface area contributed by atoms with E-state index in [0.29, 0.717) is 12.5 Å². The summed E-state index contributed by atoms with van der Waals surface area (Å²) in [5, 5.41) is 0. The fourth-order valence-electron chi connectivity index (χ4n) is 2.33. The molecule has 5 nitrogen and oxygen atoms in total. The number of hydrogen-bond donors (Lipinski definition) is 1.